The standard InChI is InChI=1S/C17H29N5O2.ClH/c1-12-14(10-20-22(12)17(2,3)4)16(24)21-9-5-6-13(11-21)15(23)19-8-7-18;/h10,13H,5-9,11,18H2,1-4H3,(H,19,23);1H. The van der Waals surface area contributed by atoms with Crippen molar-refractivity contribution in [1.29, 1.82) is 0 Å². The normalized spacial score (nSPS) is 17.8. The maximum Gasteiger partial charge on any atom is 0.257 e. The van der Waals surface area contributed by atoms with Crippen molar-refractivity contribution >= 4 is 24.2 Å². The number of hydrogen-bond acceptors (Lipinski definition) is 4. The summed E-state index contributed by atoms with van der Waals surface area (Å²) < 4.78 is 1.87. The van der Waals surface area contributed by atoms with Crippen molar-refractivity contribution in [3.63, 3.8) is 0 Å². The van der Waals surface area contributed by atoms with Crippen LogP contribution in [-0.2, 0) is 10.3 Å². The molecular formula is C17H30ClN5O2. The number of nitrogens with two attached hydrogens (primary N) is 1. The predicted octanol–water partition coefficient (Wildman–Crippen LogP) is 1.30. The van der Waals surface area contributed by atoms with Crippen LogP contribution in [0.4, 0.5) is 0 Å². The molecule has 1 aromatic rings. The van der Waals surface area contributed by atoms with Crippen LogP contribution in [0.15, 0.2) is 6.20 Å². The Labute approximate surface area is 155 Å². The maximum absolute atomic E-state index is 12.9. The molecule has 0 bridgehead atoms. The molecule has 0 radical (unpaired) electrons. The Morgan fingerprint density at radius 2 is 2.08 bits per heavy atom. The molecule has 0 spiro atoms. The van der Waals surface area contributed by atoms with E-state index in [-0.39, 0.29) is 35.7 Å². The number of nitrogens with one attached hydrogen (secondary N) is 1. The van der Waals surface area contributed by atoms with E-state index in [1.165, 1.54) is 0 Å². The zero-order chi connectivity index (χ0) is 17.9. The van der Waals surface area contributed by atoms with Gasteiger partial charge in [0.1, 0.15) is 0 Å². The van der Waals surface area contributed by atoms with Gasteiger partial charge in [-0.1, -0.05) is 0 Å². The quantitative estimate of drug-likeness (QED) is 0.834. The number of hydrogen-bond donors (Lipinski definition) is 2. The van der Waals surface area contributed by atoms with E-state index in [4.69, 9.17) is 5.73 Å². The average Bonchev–Trinajstić information content (AvgIpc) is 2.93. The van der Waals surface area contributed by atoms with Crippen LogP contribution < -0.4 is 11.1 Å². The lowest BCUT2D eigenvalue weighted by atomic mass is 9.96. The fourth-order valence-corrected chi connectivity index (χ4v) is 3.18. The van der Waals surface area contributed by atoms with Crippen molar-refractivity contribution < 1.29 is 9.59 Å². The number of piperidine rings is 1. The van der Waals surface area contributed by atoms with Gasteiger partial charge >= 0.3 is 0 Å². The van der Waals surface area contributed by atoms with Crippen LogP contribution in [0.3, 0.4) is 0 Å². The highest BCUT2D eigenvalue weighted by Crippen LogP contribution is 2.22. The number of rotatable bonds is 4. The number of amides is 2. The molecule has 1 atom stereocenters. The average molecular weight is 372 g/mol. The van der Waals surface area contributed by atoms with Crippen LogP contribution in [0.5, 0.6) is 0 Å². The van der Waals surface area contributed by atoms with Crippen molar-refractivity contribution in [2.24, 2.45) is 11.7 Å². The first-order valence-corrected chi connectivity index (χ1v) is 8.58. The molecule has 2 heterocycles. The smallest absolute Gasteiger partial charge is 0.257 e. The van der Waals surface area contributed by atoms with Crippen LogP contribution in [0.1, 0.15) is 49.7 Å². The van der Waals surface area contributed by atoms with Crippen molar-refractivity contribution in [2.75, 3.05) is 26.2 Å². The molecule has 0 saturated carbocycles. The lowest BCUT2D eigenvalue weighted by Gasteiger charge is -2.32. The summed E-state index contributed by atoms with van der Waals surface area (Å²) in [4.78, 5) is 26.8. The molecule has 0 aromatic carbocycles. The fourth-order valence-electron chi connectivity index (χ4n) is 3.18. The first-order valence-electron chi connectivity index (χ1n) is 8.58. The molecule has 1 aliphatic rings. The molecule has 25 heavy (non-hydrogen) atoms. The van der Waals surface area contributed by atoms with Crippen LogP contribution in [0.25, 0.3) is 0 Å². The van der Waals surface area contributed by atoms with E-state index in [1.807, 2.05) is 11.6 Å². The van der Waals surface area contributed by atoms with Crippen LogP contribution in [0, 0.1) is 12.8 Å². The Morgan fingerprint density at radius 1 is 1.40 bits per heavy atom. The van der Waals surface area contributed by atoms with Gasteiger partial charge in [-0.15, -0.1) is 12.4 Å². The lowest BCUT2D eigenvalue weighted by molar-refractivity contribution is -0.126. The molecule has 1 unspecified atom stereocenters. The monoisotopic (exact) mass is 371 g/mol. The Kier molecular flexibility index (Phi) is 7.44. The SMILES string of the molecule is Cc1c(C(=O)N2CCCC(C(=O)NCCN)C2)cnn1C(C)(C)C.Cl. The van der Waals surface area contributed by atoms with Crippen molar-refractivity contribution in [1.82, 2.24) is 20.0 Å². The Morgan fingerprint density at radius 3 is 2.64 bits per heavy atom. The second kappa shape index (κ2) is 8.67. The summed E-state index contributed by atoms with van der Waals surface area (Å²) >= 11 is 0. The van der Waals surface area contributed by atoms with Gasteiger partial charge in [-0.25, -0.2) is 0 Å². The summed E-state index contributed by atoms with van der Waals surface area (Å²) in [5.41, 5.74) is 6.73. The summed E-state index contributed by atoms with van der Waals surface area (Å²) in [7, 11) is 0. The third-order valence-electron chi connectivity index (χ3n) is 4.40. The van der Waals surface area contributed by atoms with Crippen molar-refractivity contribution in [2.45, 2.75) is 46.1 Å². The Bertz CT molecular complexity index is 609. The van der Waals surface area contributed by atoms with Gasteiger partial charge in [0.25, 0.3) is 5.91 Å². The molecule has 8 heteroatoms. The lowest BCUT2D eigenvalue weighted by Crippen LogP contribution is -2.46. The molecule has 1 aliphatic heterocycles. The topological polar surface area (TPSA) is 93.2 Å². The fraction of sp³-hybridized carbons (Fsp3) is 0.706. The number of likely N-dealkylation sites (tertiary alicyclic amines) is 1. The van der Waals surface area contributed by atoms with Gasteiger partial charge in [0.05, 0.1) is 23.2 Å². The maximum atomic E-state index is 12.9. The van der Waals surface area contributed by atoms with Crippen molar-refractivity contribution in [3.8, 4) is 0 Å². The predicted molar refractivity (Wildman–Crippen MR) is 99.9 cm³/mol. The zero-order valence-electron chi connectivity index (χ0n) is 15.5. The highest BCUT2D eigenvalue weighted by Gasteiger charge is 2.31. The third-order valence-corrected chi connectivity index (χ3v) is 4.40. The van der Waals surface area contributed by atoms with E-state index < -0.39 is 0 Å². The second-order valence-corrected chi connectivity index (χ2v) is 7.40. The van der Waals surface area contributed by atoms with Gasteiger partial charge in [-0.2, -0.15) is 5.10 Å². The van der Waals surface area contributed by atoms with Crippen LogP contribution in [0.2, 0.25) is 0 Å². The highest BCUT2D eigenvalue weighted by molar-refractivity contribution is 5.95. The summed E-state index contributed by atoms with van der Waals surface area (Å²) in [5.74, 6) is -0.216. The summed E-state index contributed by atoms with van der Waals surface area (Å²) in [6.07, 6.45) is 3.28. The van der Waals surface area contributed by atoms with Gasteiger partial charge in [-0.05, 0) is 40.5 Å². The first-order chi connectivity index (χ1) is 11.3. The van der Waals surface area contributed by atoms with Crippen LogP contribution in [-0.4, -0.2) is 52.7 Å². The number of halogens is 1. The third kappa shape index (κ3) is 4.95. The van der Waals surface area contributed by atoms with E-state index in [1.54, 1.807) is 11.1 Å². The van der Waals surface area contributed by atoms with Crippen LogP contribution >= 0.6 is 12.4 Å². The van der Waals surface area contributed by atoms with E-state index >= 15 is 0 Å². The molecule has 2 amide bonds. The van der Waals surface area contributed by atoms with E-state index in [9.17, 15) is 9.59 Å². The summed E-state index contributed by atoms with van der Waals surface area (Å²) in [5, 5.41) is 7.19. The van der Waals surface area contributed by atoms with E-state index in [0.717, 1.165) is 18.5 Å². The molecule has 7 nitrogen and oxygen atoms in total. The first kappa shape index (κ1) is 21.4. The minimum Gasteiger partial charge on any atom is -0.355 e. The van der Waals surface area contributed by atoms with Gasteiger partial charge in [0.2, 0.25) is 5.91 Å². The largest absolute Gasteiger partial charge is 0.355 e. The molecule has 1 fully saturated rings. The van der Waals surface area contributed by atoms with Gasteiger partial charge in [0, 0.05) is 31.9 Å². The van der Waals surface area contributed by atoms with Gasteiger partial charge < -0.3 is 16.0 Å². The molecule has 1 saturated heterocycles. The number of aromatic nitrogens is 2. The summed E-state index contributed by atoms with van der Waals surface area (Å²) in [6, 6.07) is 0. The molecule has 0 aliphatic carbocycles. The molecule has 142 valence electrons. The number of carbonyl (C=O) groups excluding carboxylic acids is 2. The molecule has 2 rings (SSSR count). The Hall–Kier alpha value is -1.60. The zero-order valence-corrected chi connectivity index (χ0v) is 16.4. The van der Waals surface area contributed by atoms with E-state index in [0.29, 0.717) is 31.7 Å². The second-order valence-electron chi connectivity index (χ2n) is 7.40. The molecular weight excluding hydrogens is 342 g/mol. The van der Waals surface area contributed by atoms with Crippen molar-refractivity contribution in [3.05, 3.63) is 17.5 Å². The van der Waals surface area contributed by atoms with Gasteiger partial charge in [-0.3, -0.25) is 14.3 Å². The molecule has 3 N–H and O–H groups in total. The molecule has 1 aromatic heterocycles. The number of nitrogens with zero attached hydrogens (tertiary/aromatic N) is 3. The van der Waals surface area contributed by atoms with Gasteiger partial charge in [0.15, 0.2) is 0 Å². The number of carbonyl (C=O) groups is 2. The minimum atomic E-state index is -0.171. The Balaban J connectivity index is 0.00000312. The summed E-state index contributed by atoms with van der Waals surface area (Å²) in [6.45, 7) is 10.1. The minimum absolute atomic E-state index is 0. The van der Waals surface area contributed by atoms with E-state index in [2.05, 4.69) is 31.2 Å². The highest BCUT2D eigenvalue weighted by atomic mass is 35.5.